The van der Waals surface area contributed by atoms with E-state index in [4.69, 9.17) is 5.11 Å². The van der Waals surface area contributed by atoms with Gasteiger partial charge in [-0.1, -0.05) is 19.1 Å². The summed E-state index contributed by atoms with van der Waals surface area (Å²) in [7, 11) is 0. The molecule has 0 aliphatic heterocycles. The monoisotopic (exact) mass is 273 g/mol. The van der Waals surface area contributed by atoms with Crippen molar-refractivity contribution >= 4 is 0 Å². The van der Waals surface area contributed by atoms with Gasteiger partial charge in [0.2, 0.25) is 0 Å². The highest BCUT2D eigenvalue weighted by molar-refractivity contribution is 5.43. The third kappa shape index (κ3) is 4.76. The van der Waals surface area contributed by atoms with E-state index < -0.39 is 6.61 Å². The van der Waals surface area contributed by atoms with Crippen molar-refractivity contribution in [3.8, 4) is 5.75 Å². The van der Waals surface area contributed by atoms with Crippen molar-refractivity contribution in [3.05, 3.63) is 28.8 Å². The molecule has 19 heavy (non-hydrogen) atoms. The molecule has 0 fully saturated rings. The van der Waals surface area contributed by atoms with Crippen molar-refractivity contribution < 1.29 is 18.6 Å². The summed E-state index contributed by atoms with van der Waals surface area (Å²) in [4.78, 5) is 0. The Morgan fingerprint density at radius 1 is 1.26 bits per heavy atom. The van der Waals surface area contributed by atoms with Crippen LogP contribution in [0.3, 0.4) is 0 Å². The van der Waals surface area contributed by atoms with Crippen molar-refractivity contribution in [3.63, 3.8) is 0 Å². The Morgan fingerprint density at radius 2 is 1.84 bits per heavy atom. The van der Waals surface area contributed by atoms with E-state index >= 15 is 0 Å². The number of aliphatic hydroxyl groups is 1. The van der Waals surface area contributed by atoms with E-state index in [0.29, 0.717) is 17.7 Å². The molecule has 0 bridgehead atoms. The molecule has 5 heteroatoms. The number of rotatable bonds is 7. The molecule has 1 aromatic rings. The quantitative estimate of drug-likeness (QED) is 0.802. The molecule has 1 atom stereocenters. The van der Waals surface area contributed by atoms with E-state index in [1.165, 1.54) is 0 Å². The molecule has 0 aliphatic carbocycles. The van der Waals surface area contributed by atoms with Gasteiger partial charge < -0.3 is 15.2 Å². The maximum atomic E-state index is 12.3. The SMILES string of the molecule is CCC(CO)NCc1cc(C)c(OC(F)F)c(C)c1. The second-order valence-electron chi connectivity index (χ2n) is 4.61. The molecular formula is C14H21F2NO2. The lowest BCUT2D eigenvalue weighted by molar-refractivity contribution is -0.0507. The van der Waals surface area contributed by atoms with Crippen molar-refractivity contribution in [1.82, 2.24) is 5.32 Å². The van der Waals surface area contributed by atoms with Gasteiger partial charge in [0.1, 0.15) is 5.75 Å². The second kappa shape index (κ2) is 7.40. The van der Waals surface area contributed by atoms with E-state index in [0.717, 1.165) is 12.0 Å². The van der Waals surface area contributed by atoms with Gasteiger partial charge in [0, 0.05) is 12.6 Å². The predicted molar refractivity (Wildman–Crippen MR) is 70.6 cm³/mol. The zero-order valence-electron chi connectivity index (χ0n) is 11.5. The van der Waals surface area contributed by atoms with Gasteiger partial charge >= 0.3 is 6.61 Å². The van der Waals surface area contributed by atoms with Gasteiger partial charge in [-0.05, 0) is 37.0 Å². The molecule has 0 heterocycles. The number of hydrogen-bond donors (Lipinski definition) is 2. The Labute approximate surface area is 112 Å². The molecule has 0 spiro atoms. The van der Waals surface area contributed by atoms with Gasteiger partial charge in [-0.25, -0.2) is 0 Å². The molecule has 0 radical (unpaired) electrons. The van der Waals surface area contributed by atoms with E-state index in [9.17, 15) is 8.78 Å². The van der Waals surface area contributed by atoms with Crippen molar-refractivity contribution in [2.24, 2.45) is 0 Å². The molecule has 0 aromatic heterocycles. The van der Waals surface area contributed by atoms with E-state index in [-0.39, 0.29) is 18.4 Å². The molecule has 2 N–H and O–H groups in total. The zero-order chi connectivity index (χ0) is 14.4. The first-order valence-electron chi connectivity index (χ1n) is 6.37. The summed E-state index contributed by atoms with van der Waals surface area (Å²) in [5.74, 6) is 0.243. The maximum absolute atomic E-state index is 12.3. The molecule has 3 nitrogen and oxygen atoms in total. The van der Waals surface area contributed by atoms with Crippen LogP contribution in [0.5, 0.6) is 5.75 Å². The fourth-order valence-corrected chi connectivity index (χ4v) is 2.02. The lowest BCUT2D eigenvalue weighted by atomic mass is 10.1. The van der Waals surface area contributed by atoms with Crippen LogP contribution in [0.2, 0.25) is 0 Å². The zero-order valence-corrected chi connectivity index (χ0v) is 11.5. The summed E-state index contributed by atoms with van der Waals surface area (Å²) in [6.07, 6.45) is 0.834. The number of hydrogen-bond acceptors (Lipinski definition) is 3. The van der Waals surface area contributed by atoms with E-state index in [1.807, 2.05) is 19.1 Å². The van der Waals surface area contributed by atoms with Crippen LogP contribution in [0.1, 0.15) is 30.0 Å². The van der Waals surface area contributed by atoms with Crippen LogP contribution >= 0.6 is 0 Å². The summed E-state index contributed by atoms with van der Waals surface area (Å²) in [5, 5.41) is 12.3. The summed E-state index contributed by atoms with van der Waals surface area (Å²) in [6.45, 7) is 3.36. The number of ether oxygens (including phenoxy) is 1. The Morgan fingerprint density at radius 3 is 2.26 bits per heavy atom. The molecule has 1 unspecified atom stereocenters. The van der Waals surface area contributed by atoms with Gasteiger partial charge in [-0.15, -0.1) is 0 Å². The Hall–Kier alpha value is -1.20. The highest BCUT2D eigenvalue weighted by Gasteiger charge is 2.12. The summed E-state index contributed by atoms with van der Waals surface area (Å²) in [6, 6.07) is 3.70. The molecule has 0 saturated carbocycles. The minimum absolute atomic E-state index is 0.0533. The standard InChI is InChI=1S/C14H21F2NO2/c1-4-12(8-18)17-7-11-5-9(2)13(10(3)6-11)19-14(15)16/h5-6,12,14,17-18H,4,7-8H2,1-3H3. The van der Waals surface area contributed by atoms with Gasteiger partial charge in [-0.3, -0.25) is 0 Å². The van der Waals surface area contributed by atoms with Gasteiger partial charge in [0.25, 0.3) is 0 Å². The lowest BCUT2D eigenvalue weighted by Gasteiger charge is -2.16. The summed E-state index contributed by atoms with van der Waals surface area (Å²) in [5.41, 5.74) is 2.37. The summed E-state index contributed by atoms with van der Waals surface area (Å²) >= 11 is 0. The van der Waals surface area contributed by atoms with Gasteiger partial charge in [0.15, 0.2) is 0 Å². The molecule has 108 valence electrons. The molecule has 0 saturated heterocycles. The number of halogens is 2. The number of benzene rings is 1. The van der Waals surface area contributed by atoms with Crippen LogP contribution in [0.4, 0.5) is 8.78 Å². The Bertz CT molecular complexity index is 383. The summed E-state index contributed by atoms with van der Waals surface area (Å²) < 4.78 is 29.0. The number of aryl methyl sites for hydroxylation is 2. The second-order valence-corrected chi connectivity index (χ2v) is 4.61. The van der Waals surface area contributed by atoms with Crippen LogP contribution in [0.25, 0.3) is 0 Å². The molecule has 1 aromatic carbocycles. The Balaban J connectivity index is 2.77. The van der Waals surface area contributed by atoms with Crippen molar-refractivity contribution in [2.75, 3.05) is 6.61 Å². The average Bonchev–Trinajstić information content (AvgIpc) is 2.35. The molecular weight excluding hydrogens is 252 g/mol. The van der Waals surface area contributed by atoms with E-state index in [1.54, 1.807) is 13.8 Å². The molecule has 0 amide bonds. The van der Waals surface area contributed by atoms with Crippen molar-refractivity contribution in [2.45, 2.75) is 46.4 Å². The third-order valence-electron chi connectivity index (χ3n) is 3.04. The van der Waals surface area contributed by atoms with Crippen LogP contribution in [0, 0.1) is 13.8 Å². The third-order valence-corrected chi connectivity index (χ3v) is 3.04. The topological polar surface area (TPSA) is 41.5 Å². The number of nitrogens with one attached hydrogen (secondary N) is 1. The maximum Gasteiger partial charge on any atom is 0.387 e. The predicted octanol–water partition coefficient (Wildman–Crippen LogP) is 2.77. The Kier molecular flexibility index (Phi) is 6.18. The van der Waals surface area contributed by atoms with Crippen LogP contribution in [0.15, 0.2) is 12.1 Å². The van der Waals surface area contributed by atoms with Gasteiger partial charge in [-0.2, -0.15) is 8.78 Å². The first-order valence-corrected chi connectivity index (χ1v) is 6.37. The van der Waals surface area contributed by atoms with Crippen LogP contribution < -0.4 is 10.1 Å². The minimum Gasteiger partial charge on any atom is -0.434 e. The van der Waals surface area contributed by atoms with Crippen molar-refractivity contribution in [1.29, 1.82) is 0 Å². The highest BCUT2D eigenvalue weighted by atomic mass is 19.3. The molecule has 1 rings (SSSR count). The average molecular weight is 273 g/mol. The van der Waals surface area contributed by atoms with Crippen LogP contribution in [-0.2, 0) is 6.54 Å². The first kappa shape index (κ1) is 15.9. The fourth-order valence-electron chi connectivity index (χ4n) is 2.02. The van der Waals surface area contributed by atoms with Gasteiger partial charge in [0.05, 0.1) is 6.61 Å². The normalized spacial score (nSPS) is 12.8. The largest absolute Gasteiger partial charge is 0.434 e. The van der Waals surface area contributed by atoms with Crippen LogP contribution in [-0.4, -0.2) is 24.4 Å². The molecule has 0 aliphatic rings. The minimum atomic E-state index is -2.81. The highest BCUT2D eigenvalue weighted by Crippen LogP contribution is 2.26. The first-order chi connectivity index (χ1) is 8.97. The smallest absolute Gasteiger partial charge is 0.387 e. The number of alkyl halides is 2. The number of aliphatic hydroxyl groups excluding tert-OH is 1. The van der Waals surface area contributed by atoms with E-state index in [2.05, 4.69) is 10.1 Å². The fraction of sp³-hybridized carbons (Fsp3) is 0.571. The lowest BCUT2D eigenvalue weighted by Crippen LogP contribution is -2.31.